The zero-order chi connectivity index (χ0) is 62.6. The van der Waals surface area contributed by atoms with E-state index in [4.69, 9.17) is 42.1 Å². The Bertz CT molecular complexity index is 4200. The van der Waals surface area contributed by atoms with Crippen LogP contribution in [0.15, 0.2) is 120 Å². The number of nitrogens with zero attached hydrogens (tertiary/aromatic N) is 3. The highest BCUT2D eigenvalue weighted by molar-refractivity contribution is 6.32. The maximum absolute atomic E-state index is 15.8. The van der Waals surface area contributed by atoms with E-state index in [2.05, 4.69) is 41.9 Å². The molecule has 88 heavy (non-hydrogen) atoms. The first-order valence-electron chi connectivity index (χ1n) is 26.2. The van der Waals surface area contributed by atoms with Gasteiger partial charge in [0, 0.05) is 40.2 Å². The molecule has 0 spiro atoms. The van der Waals surface area contributed by atoms with E-state index in [-0.39, 0.29) is 77.6 Å². The molecule has 0 aromatic heterocycles. The van der Waals surface area contributed by atoms with Gasteiger partial charge in [-0.2, -0.15) is 0 Å². The third-order valence-electron chi connectivity index (χ3n) is 14.7. The van der Waals surface area contributed by atoms with Crippen LogP contribution in [0.5, 0.6) is 69.0 Å². The number of ether oxygens (including phenoxy) is 4. The Morgan fingerprint density at radius 1 is 0.557 bits per heavy atom. The van der Waals surface area contributed by atoms with Crippen molar-refractivity contribution in [1.29, 1.82) is 0 Å². The van der Waals surface area contributed by atoms with Crippen LogP contribution in [0, 0.1) is 0 Å². The molecule has 6 heterocycles. The SMILES string of the molecule is COC(=O)[C@@H]1NC(=O)[C@H]2NC(=O)[C@H](NC(=O)[C@@H]3NC(=O)[C@H]4NC(=O)[C@@H](Cc5ccc(c(Cl)c5)Oc5cc3cc(c5O)Oc3ccc(cc3Cl)[C@H]2O)NC(=O)[C@@H](N=[N+]=[N-])c2ccc(O)c(c2)Oc2cc(O)cc4c2)c2ccc(O)c(c2)-c2c(O)cc(O)cc21. The summed E-state index contributed by atoms with van der Waals surface area (Å²) in [7, 11) is 0.960. The van der Waals surface area contributed by atoms with Crippen molar-refractivity contribution in [1.82, 2.24) is 31.9 Å². The first-order chi connectivity index (χ1) is 42.0. The second-order valence-corrected chi connectivity index (χ2v) is 21.2. The number of amides is 6. The van der Waals surface area contributed by atoms with E-state index in [0.29, 0.717) is 0 Å². The van der Waals surface area contributed by atoms with Crippen molar-refractivity contribution < 1.29 is 88.3 Å². The van der Waals surface area contributed by atoms with Crippen molar-refractivity contribution in [2.24, 2.45) is 5.11 Å². The van der Waals surface area contributed by atoms with E-state index in [1.165, 1.54) is 42.5 Å². The molecule has 0 saturated heterocycles. The van der Waals surface area contributed by atoms with Gasteiger partial charge in [-0.05, 0) is 118 Å². The Morgan fingerprint density at radius 3 is 1.82 bits per heavy atom. The van der Waals surface area contributed by atoms with Gasteiger partial charge in [-0.25, -0.2) is 4.79 Å². The highest BCUT2D eigenvalue weighted by atomic mass is 35.5. The molecule has 0 unspecified atom stereocenters. The average molecular weight is 1240 g/mol. The zero-order valence-corrected chi connectivity index (χ0v) is 46.5. The van der Waals surface area contributed by atoms with Crippen LogP contribution in [-0.2, 0) is 44.7 Å². The largest absolute Gasteiger partial charge is 0.508 e. The molecule has 8 atom stereocenters. The molecule has 29 heteroatoms. The lowest BCUT2D eigenvalue weighted by Gasteiger charge is -2.31. The molecule has 7 aromatic rings. The van der Waals surface area contributed by atoms with Crippen LogP contribution in [0.2, 0.25) is 10.0 Å². The van der Waals surface area contributed by atoms with Gasteiger partial charge in [0.1, 0.15) is 82.6 Å². The average Bonchev–Trinajstić information content (AvgIpc) is 0.898. The van der Waals surface area contributed by atoms with Crippen LogP contribution in [0.25, 0.3) is 21.6 Å². The molecule has 0 fully saturated rings. The van der Waals surface area contributed by atoms with Crippen LogP contribution in [-0.4, -0.2) is 96.4 Å². The number of carbonyl (C=O) groups is 7. The number of fused-ring (bicyclic) bond motifs is 14. The number of carbonyl (C=O) groups excluding carboxylic acids is 7. The molecule has 13 N–H and O–H groups in total. The number of azide groups is 1. The summed E-state index contributed by atoms with van der Waals surface area (Å²) < 4.78 is 23.4. The number of aromatic hydroxyl groups is 6. The van der Waals surface area contributed by atoms with Crippen molar-refractivity contribution in [2.75, 3.05) is 7.11 Å². The van der Waals surface area contributed by atoms with E-state index >= 15 is 14.4 Å². The zero-order valence-electron chi connectivity index (χ0n) is 45.0. The third kappa shape index (κ3) is 11.3. The number of phenolic OH excluding ortho intramolecular Hbond substituents is 6. The second-order valence-electron chi connectivity index (χ2n) is 20.4. The summed E-state index contributed by atoms with van der Waals surface area (Å²) in [5, 5.41) is 98.6. The number of benzene rings is 7. The van der Waals surface area contributed by atoms with Crippen LogP contribution >= 0.6 is 23.2 Å². The molecule has 6 aliphatic rings. The molecule has 7 aromatic carbocycles. The molecule has 6 amide bonds. The molecule has 448 valence electrons. The second kappa shape index (κ2) is 23.4. The van der Waals surface area contributed by atoms with Gasteiger partial charge in [-0.15, -0.1) is 0 Å². The van der Waals surface area contributed by atoms with Crippen molar-refractivity contribution in [2.45, 2.75) is 54.8 Å². The number of hydrogen-bond acceptors (Lipinski definition) is 19. The van der Waals surface area contributed by atoms with Crippen molar-refractivity contribution in [3.05, 3.63) is 175 Å². The van der Waals surface area contributed by atoms with Gasteiger partial charge in [-0.3, -0.25) is 28.8 Å². The lowest BCUT2D eigenvalue weighted by Crippen LogP contribution is -2.55. The van der Waals surface area contributed by atoms with Gasteiger partial charge in [0.05, 0.1) is 17.2 Å². The molecular formula is C59H45Cl2N9O18. The fourth-order valence-corrected chi connectivity index (χ4v) is 10.9. The maximum atomic E-state index is 15.8. The molecule has 27 nitrogen and oxygen atoms in total. The summed E-state index contributed by atoms with van der Waals surface area (Å²) >= 11 is 13.7. The van der Waals surface area contributed by atoms with E-state index in [1.54, 1.807) is 0 Å². The highest BCUT2D eigenvalue weighted by Gasteiger charge is 2.41. The fraction of sp³-hybridized carbons (Fsp3) is 0.169. The monoisotopic (exact) mass is 1240 g/mol. The van der Waals surface area contributed by atoms with Crippen molar-refractivity contribution in [3.8, 4) is 80.1 Å². The predicted octanol–water partition coefficient (Wildman–Crippen LogP) is 6.42. The Kier molecular flexibility index (Phi) is 15.6. The molecule has 0 aliphatic carbocycles. The number of esters is 1. The minimum Gasteiger partial charge on any atom is -0.508 e. The summed E-state index contributed by atoms with van der Waals surface area (Å²) in [5.41, 5.74) is 7.70. The number of aliphatic hydroxyl groups excluding tert-OH is 1. The summed E-state index contributed by atoms with van der Waals surface area (Å²) in [6, 6.07) is 7.92. The van der Waals surface area contributed by atoms with Crippen LogP contribution in [0.3, 0.4) is 0 Å². The normalized spacial score (nSPS) is 21.5. The molecular weight excluding hydrogens is 1190 g/mol. The number of aliphatic hydroxyl groups is 1. The molecule has 13 rings (SSSR count). The Morgan fingerprint density at radius 2 is 1.15 bits per heavy atom. The minimum absolute atomic E-state index is 0.0216. The van der Waals surface area contributed by atoms with E-state index < -0.39 is 148 Å². The van der Waals surface area contributed by atoms with E-state index in [1.807, 2.05) is 0 Å². The third-order valence-corrected chi connectivity index (χ3v) is 15.3. The Hall–Kier alpha value is -11.1. The summed E-state index contributed by atoms with van der Waals surface area (Å²) in [6.07, 6.45) is -2.51. The van der Waals surface area contributed by atoms with E-state index in [0.717, 1.165) is 79.9 Å². The van der Waals surface area contributed by atoms with Gasteiger partial charge in [-0.1, -0.05) is 52.6 Å². The lowest BCUT2D eigenvalue weighted by atomic mass is 9.89. The summed E-state index contributed by atoms with van der Waals surface area (Å²) in [5.74, 6) is -14.6. The number of phenols is 6. The van der Waals surface area contributed by atoms with Crippen molar-refractivity contribution >= 4 is 64.6 Å². The lowest BCUT2D eigenvalue weighted by molar-refractivity contribution is -0.146. The topological polar surface area (TPSA) is 419 Å². The molecule has 6 aliphatic heterocycles. The summed E-state index contributed by atoms with van der Waals surface area (Å²) in [4.78, 5) is 107. The number of halogens is 2. The summed E-state index contributed by atoms with van der Waals surface area (Å²) in [6.45, 7) is 0. The molecule has 0 radical (unpaired) electrons. The Balaban J connectivity index is 1.14. The van der Waals surface area contributed by atoms with Gasteiger partial charge in [0.25, 0.3) is 0 Å². The Labute approximate surface area is 504 Å². The van der Waals surface area contributed by atoms with Crippen LogP contribution < -0.4 is 46.1 Å². The number of nitrogens with one attached hydrogen (secondary N) is 6. The fourth-order valence-electron chi connectivity index (χ4n) is 10.5. The first kappa shape index (κ1) is 58.6. The van der Waals surface area contributed by atoms with Gasteiger partial charge in [0.15, 0.2) is 29.0 Å². The molecule has 0 saturated carbocycles. The van der Waals surface area contributed by atoms with E-state index in [9.17, 15) is 60.5 Å². The standard InChI is InChI=1S/C59H45Cl2N9O18/c1-85-59(84)49-32-20-29(72)21-38(75)44(32)31-14-23(3-6-36(31)73)45-54(79)68-50(58(83)67-49)51(76)25-5-9-40(34(61)15-25)88-43-18-27-17-42(52(43)77)87-39-8-2-22(10-33(39)60)11-35-53(78)64-46(55(80)66-47(27)56(81)65-45)26-12-28(71)19-30(13-26)86-41-16-24(4-7-37(41)74)48(69-70-62)57(82)63-35/h2-10,12-21,35,45-51,71-77H,11H2,1H3,(H,63,82)(H,64,78)(H,65,81)(H,66,80)(H,67,83)(H,68,79)/t35-,45-,46+,47-,48+,49-,50+,51-/m1/s1. The quantitative estimate of drug-likeness (QED) is 0.0384. The number of hydrogen-bond donors (Lipinski definition) is 13. The minimum atomic E-state index is -2.18. The van der Waals surface area contributed by atoms with Crippen LogP contribution in [0.1, 0.15) is 75.3 Å². The van der Waals surface area contributed by atoms with Crippen LogP contribution in [0.4, 0.5) is 0 Å². The van der Waals surface area contributed by atoms with Gasteiger partial charge < -0.3 is 86.6 Å². The smallest absolute Gasteiger partial charge is 0.333 e. The first-order valence-corrected chi connectivity index (χ1v) is 27.0. The number of rotatable bonds is 2. The molecule has 17 bridgehead atoms. The predicted molar refractivity (Wildman–Crippen MR) is 304 cm³/mol. The number of methoxy groups -OCH3 is 1. The van der Waals surface area contributed by atoms with Gasteiger partial charge in [0.2, 0.25) is 41.2 Å². The van der Waals surface area contributed by atoms with Gasteiger partial charge >= 0.3 is 5.97 Å². The highest BCUT2D eigenvalue weighted by Crippen LogP contribution is 2.48. The maximum Gasteiger partial charge on any atom is 0.333 e. The van der Waals surface area contributed by atoms with Crippen molar-refractivity contribution in [3.63, 3.8) is 0 Å².